The van der Waals surface area contributed by atoms with Crippen molar-refractivity contribution in [2.24, 2.45) is 0 Å². The largest absolute Gasteiger partial charge is 0.573 e. The highest BCUT2D eigenvalue weighted by molar-refractivity contribution is 5.61. The van der Waals surface area contributed by atoms with Gasteiger partial charge in [-0.05, 0) is 12.1 Å². The zero-order chi connectivity index (χ0) is 12.5. The number of nitrogens with two attached hydrogens (primary N) is 1. The SMILES string of the molecule is Nc1nc(-c2cccc(OC(F)(F)F)c2)c[nH]1. The minimum atomic E-state index is -4.71. The Balaban J connectivity index is 2.29. The lowest BCUT2D eigenvalue weighted by Gasteiger charge is -2.09. The molecule has 0 unspecified atom stereocenters. The van der Waals surface area contributed by atoms with E-state index >= 15 is 0 Å². The Kier molecular flexibility index (Phi) is 2.66. The van der Waals surface area contributed by atoms with Crippen LogP contribution in [-0.4, -0.2) is 16.3 Å². The van der Waals surface area contributed by atoms with E-state index in [4.69, 9.17) is 5.73 Å². The Morgan fingerprint density at radius 3 is 2.65 bits per heavy atom. The minimum Gasteiger partial charge on any atom is -0.406 e. The summed E-state index contributed by atoms with van der Waals surface area (Å²) in [6.45, 7) is 0. The van der Waals surface area contributed by atoms with Crippen LogP contribution in [0.1, 0.15) is 0 Å². The van der Waals surface area contributed by atoms with E-state index in [0.717, 1.165) is 0 Å². The number of ether oxygens (including phenoxy) is 1. The van der Waals surface area contributed by atoms with Crippen molar-refractivity contribution in [2.75, 3.05) is 5.73 Å². The van der Waals surface area contributed by atoms with Gasteiger partial charge in [0.1, 0.15) is 5.75 Å². The second-order valence-electron chi connectivity index (χ2n) is 3.25. The van der Waals surface area contributed by atoms with Gasteiger partial charge in [0, 0.05) is 11.8 Å². The van der Waals surface area contributed by atoms with Crippen molar-refractivity contribution in [1.29, 1.82) is 0 Å². The molecule has 1 aromatic heterocycles. The average molecular weight is 243 g/mol. The minimum absolute atomic E-state index is 0.196. The number of H-pyrrole nitrogens is 1. The first-order chi connectivity index (χ1) is 7.94. The molecule has 0 aliphatic rings. The third kappa shape index (κ3) is 2.90. The van der Waals surface area contributed by atoms with E-state index in [0.29, 0.717) is 11.3 Å². The van der Waals surface area contributed by atoms with Crippen molar-refractivity contribution in [3.8, 4) is 17.0 Å². The second-order valence-corrected chi connectivity index (χ2v) is 3.25. The van der Waals surface area contributed by atoms with Gasteiger partial charge in [0.25, 0.3) is 0 Å². The molecule has 0 saturated carbocycles. The number of benzene rings is 1. The van der Waals surface area contributed by atoms with Crippen LogP contribution in [0.25, 0.3) is 11.3 Å². The quantitative estimate of drug-likeness (QED) is 0.851. The molecule has 0 aliphatic heterocycles. The molecule has 1 aromatic carbocycles. The molecule has 4 nitrogen and oxygen atoms in total. The lowest BCUT2D eigenvalue weighted by Crippen LogP contribution is -2.17. The number of aromatic nitrogens is 2. The average Bonchev–Trinajstić information content (AvgIpc) is 2.63. The maximum Gasteiger partial charge on any atom is 0.573 e. The monoisotopic (exact) mass is 243 g/mol. The van der Waals surface area contributed by atoms with Gasteiger partial charge in [0.05, 0.1) is 5.69 Å². The van der Waals surface area contributed by atoms with Crippen molar-refractivity contribution in [1.82, 2.24) is 9.97 Å². The number of hydrogen-bond acceptors (Lipinski definition) is 3. The van der Waals surface area contributed by atoms with Crippen LogP contribution in [-0.2, 0) is 0 Å². The summed E-state index contributed by atoms with van der Waals surface area (Å²) >= 11 is 0. The topological polar surface area (TPSA) is 63.9 Å². The van der Waals surface area contributed by atoms with Gasteiger partial charge in [0.2, 0.25) is 0 Å². The fourth-order valence-corrected chi connectivity index (χ4v) is 1.34. The number of nitrogens with one attached hydrogen (secondary N) is 1. The van der Waals surface area contributed by atoms with Gasteiger partial charge in [0.15, 0.2) is 5.95 Å². The molecule has 0 atom stereocenters. The first-order valence-corrected chi connectivity index (χ1v) is 4.61. The molecular formula is C10H8F3N3O. The van der Waals surface area contributed by atoms with Crippen LogP contribution in [0.5, 0.6) is 5.75 Å². The van der Waals surface area contributed by atoms with Gasteiger partial charge in [-0.25, -0.2) is 4.98 Å². The maximum absolute atomic E-state index is 12.0. The van der Waals surface area contributed by atoms with Crippen LogP contribution in [0.3, 0.4) is 0 Å². The molecule has 1 heterocycles. The van der Waals surface area contributed by atoms with E-state index in [1.54, 1.807) is 6.07 Å². The van der Waals surface area contributed by atoms with Crippen molar-refractivity contribution >= 4 is 5.95 Å². The molecular weight excluding hydrogens is 235 g/mol. The van der Waals surface area contributed by atoms with Gasteiger partial charge in [-0.3, -0.25) is 0 Å². The predicted octanol–water partition coefficient (Wildman–Crippen LogP) is 2.56. The number of anilines is 1. The first kappa shape index (κ1) is 11.3. The molecule has 0 saturated heterocycles. The van der Waals surface area contributed by atoms with Gasteiger partial charge in [-0.15, -0.1) is 13.2 Å². The highest BCUT2D eigenvalue weighted by Gasteiger charge is 2.31. The Morgan fingerprint density at radius 2 is 2.06 bits per heavy atom. The Bertz CT molecular complexity index is 522. The van der Waals surface area contributed by atoms with Crippen LogP contribution in [0.15, 0.2) is 30.5 Å². The Hall–Kier alpha value is -2.18. The molecule has 0 radical (unpaired) electrons. The molecule has 0 bridgehead atoms. The first-order valence-electron chi connectivity index (χ1n) is 4.61. The van der Waals surface area contributed by atoms with Crippen LogP contribution in [0.2, 0.25) is 0 Å². The lowest BCUT2D eigenvalue weighted by molar-refractivity contribution is -0.274. The van der Waals surface area contributed by atoms with Gasteiger partial charge in [-0.1, -0.05) is 12.1 Å². The molecule has 90 valence electrons. The highest BCUT2D eigenvalue weighted by Crippen LogP contribution is 2.27. The fourth-order valence-electron chi connectivity index (χ4n) is 1.34. The molecule has 17 heavy (non-hydrogen) atoms. The number of hydrogen-bond donors (Lipinski definition) is 2. The number of alkyl halides is 3. The molecule has 2 rings (SSSR count). The standard InChI is InChI=1S/C10H8F3N3O/c11-10(12,13)17-7-3-1-2-6(4-7)8-5-15-9(14)16-8/h1-5H,(H3,14,15,16). The maximum atomic E-state index is 12.0. The summed E-state index contributed by atoms with van der Waals surface area (Å²) in [5.74, 6) is -0.0984. The van der Waals surface area contributed by atoms with Crippen LogP contribution < -0.4 is 10.5 Å². The molecule has 0 spiro atoms. The molecule has 7 heteroatoms. The van der Waals surface area contributed by atoms with Crippen LogP contribution >= 0.6 is 0 Å². The summed E-state index contributed by atoms with van der Waals surface area (Å²) in [6, 6.07) is 5.51. The molecule has 2 aromatic rings. The van der Waals surface area contributed by atoms with Crippen molar-refractivity contribution in [3.63, 3.8) is 0 Å². The summed E-state index contributed by atoms with van der Waals surface area (Å²) < 4.78 is 39.8. The lowest BCUT2D eigenvalue weighted by atomic mass is 10.1. The summed E-state index contributed by atoms with van der Waals surface area (Å²) in [7, 11) is 0. The van der Waals surface area contributed by atoms with Gasteiger partial charge < -0.3 is 15.5 Å². The number of imidazole rings is 1. The van der Waals surface area contributed by atoms with Crippen molar-refractivity contribution in [2.45, 2.75) is 6.36 Å². The van der Waals surface area contributed by atoms with Crippen molar-refractivity contribution in [3.05, 3.63) is 30.5 Å². The normalized spacial score (nSPS) is 11.5. The highest BCUT2D eigenvalue weighted by atomic mass is 19.4. The van der Waals surface area contributed by atoms with Gasteiger partial charge in [-0.2, -0.15) is 0 Å². The third-order valence-electron chi connectivity index (χ3n) is 1.96. The van der Waals surface area contributed by atoms with Crippen LogP contribution in [0.4, 0.5) is 19.1 Å². The number of nitrogens with zero attached hydrogens (tertiary/aromatic N) is 1. The van der Waals surface area contributed by atoms with Crippen molar-refractivity contribution < 1.29 is 17.9 Å². The second kappa shape index (κ2) is 4.00. The zero-order valence-corrected chi connectivity index (χ0v) is 8.45. The number of rotatable bonds is 2. The van der Waals surface area contributed by atoms with E-state index in [2.05, 4.69) is 14.7 Å². The van der Waals surface area contributed by atoms with E-state index in [1.807, 2.05) is 0 Å². The molecule has 0 amide bonds. The number of nitrogen functional groups attached to an aromatic ring is 1. The van der Waals surface area contributed by atoms with E-state index < -0.39 is 6.36 Å². The van der Waals surface area contributed by atoms with Gasteiger partial charge >= 0.3 is 6.36 Å². The van der Waals surface area contributed by atoms with Crippen LogP contribution in [0, 0.1) is 0 Å². The molecule has 0 aliphatic carbocycles. The summed E-state index contributed by atoms with van der Waals surface area (Å²) in [4.78, 5) is 6.54. The van der Waals surface area contributed by atoms with E-state index in [-0.39, 0.29) is 11.7 Å². The summed E-state index contributed by atoms with van der Waals surface area (Å²) in [5.41, 5.74) is 6.32. The zero-order valence-electron chi connectivity index (χ0n) is 8.45. The van der Waals surface area contributed by atoms with E-state index in [9.17, 15) is 13.2 Å². The summed E-state index contributed by atoms with van der Waals surface area (Å²) in [5, 5.41) is 0. The fraction of sp³-hybridized carbons (Fsp3) is 0.100. The number of aromatic amines is 1. The summed E-state index contributed by atoms with van der Waals surface area (Å²) in [6.07, 6.45) is -3.20. The number of halogens is 3. The Morgan fingerprint density at radius 1 is 1.29 bits per heavy atom. The Labute approximate surface area is 94.2 Å². The smallest absolute Gasteiger partial charge is 0.406 e. The predicted molar refractivity (Wildman–Crippen MR) is 55.1 cm³/mol. The third-order valence-corrected chi connectivity index (χ3v) is 1.96. The van der Waals surface area contributed by atoms with E-state index in [1.165, 1.54) is 24.4 Å². The molecule has 3 N–H and O–H groups in total. The molecule has 0 fully saturated rings.